The van der Waals surface area contributed by atoms with Gasteiger partial charge in [0.1, 0.15) is 0 Å². The van der Waals surface area contributed by atoms with E-state index in [0.717, 1.165) is 39.9 Å². The standard InChI is InChI=1S/C32H35N3O3/c1-22-12-17-29(34-21-22)26-15-13-24(14-16-26)19-30(35-32(37)38)31(36)20-28(33)27(25-10-6-3-7-11-25)18-23-8-4-2-5-9-23/h2-17,21,27-28,30-31,35-36H,18-20,33H2,1H3,(H,37,38)/t27?,28-,30-,31+/m0/s1. The molecule has 4 aromatic rings. The summed E-state index contributed by atoms with van der Waals surface area (Å²) in [5, 5.41) is 23.2. The number of hydrogen-bond donors (Lipinski definition) is 4. The molecule has 0 saturated carbocycles. The third kappa shape index (κ3) is 7.51. The molecule has 1 heterocycles. The number of nitrogens with zero attached hydrogens (tertiary/aromatic N) is 1. The van der Waals surface area contributed by atoms with Gasteiger partial charge in [-0.2, -0.15) is 0 Å². The van der Waals surface area contributed by atoms with Gasteiger partial charge in [0.25, 0.3) is 0 Å². The number of nitrogens with two attached hydrogens (primary N) is 1. The predicted molar refractivity (Wildman–Crippen MR) is 151 cm³/mol. The summed E-state index contributed by atoms with van der Waals surface area (Å²) in [4.78, 5) is 16.1. The molecule has 1 unspecified atom stereocenters. The van der Waals surface area contributed by atoms with Crippen LogP contribution in [0.15, 0.2) is 103 Å². The smallest absolute Gasteiger partial charge is 0.404 e. The number of carboxylic acid groups (broad SMARTS) is 1. The molecule has 1 aromatic heterocycles. The number of rotatable bonds is 11. The van der Waals surface area contributed by atoms with Crippen LogP contribution in [0.25, 0.3) is 11.3 Å². The number of nitrogens with one attached hydrogen (secondary N) is 1. The number of carbonyl (C=O) groups is 1. The molecule has 6 heteroatoms. The maximum atomic E-state index is 11.6. The lowest BCUT2D eigenvalue weighted by atomic mass is 9.82. The molecule has 0 fully saturated rings. The van der Waals surface area contributed by atoms with Crippen molar-refractivity contribution in [3.8, 4) is 11.3 Å². The monoisotopic (exact) mass is 509 g/mol. The van der Waals surface area contributed by atoms with Crippen molar-refractivity contribution in [2.45, 2.75) is 50.3 Å². The van der Waals surface area contributed by atoms with Crippen molar-refractivity contribution in [1.82, 2.24) is 10.3 Å². The zero-order valence-corrected chi connectivity index (χ0v) is 21.6. The van der Waals surface area contributed by atoms with Crippen LogP contribution in [-0.2, 0) is 12.8 Å². The number of aromatic nitrogens is 1. The number of aliphatic hydroxyl groups excluding tert-OH is 1. The van der Waals surface area contributed by atoms with Gasteiger partial charge >= 0.3 is 6.09 Å². The van der Waals surface area contributed by atoms with Crippen LogP contribution in [0.5, 0.6) is 0 Å². The van der Waals surface area contributed by atoms with Crippen LogP contribution < -0.4 is 11.1 Å². The zero-order valence-electron chi connectivity index (χ0n) is 21.6. The second kappa shape index (κ2) is 13.0. The summed E-state index contributed by atoms with van der Waals surface area (Å²) in [6.07, 6.45) is 1.02. The quantitative estimate of drug-likeness (QED) is 0.218. The van der Waals surface area contributed by atoms with Gasteiger partial charge in [0, 0.05) is 23.7 Å². The summed E-state index contributed by atoms with van der Waals surface area (Å²) in [5.74, 6) is -0.0278. The molecular weight excluding hydrogens is 474 g/mol. The minimum atomic E-state index is -1.17. The van der Waals surface area contributed by atoms with Crippen LogP contribution in [0.1, 0.15) is 34.6 Å². The molecule has 38 heavy (non-hydrogen) atoms. The Labute approximate surface area is 224 Å². The lowest BCUT2D eigenvalue weighted by Crippen LogP contribution is -2.47. The second-order valence-electron chi connectivity index (χ2n) is 9.85. The van der Waals surface area contributed by atoms with E-state index in [4.69, 9.17) is 5.73 Å². The lowest BCUT2D eigenvalue weighted by Gasteiger charge is -2.30. The highest BCUT2D eigenvalue weighted by Crippen LogP contribution is 2.27. The highest BCUT2D eigenvalue weighted by atomic mass is 16.4. The van der Waals surface area contributed by atoms with Crippen LogP contribution in [0.3, 0.4) is 0 Å². The Hall–Kier alpha value is -4.00. The van der Waals surface area contributed by atoms with E-state index in [1.54, 1.807) is 0 Å². The van der Waals surface area contributed by atoms with E-state index in [1.807, 2.05) is 85.9 Å². The summed E-state index contributed by atoms with van der Waals surface area (Å²) in [6.45, 7) is 2.00. The van der Waals surface area contributed by atoms with Gasteiger partial charge in [-0.05, 0) is 54.5 Å². The summed E-state index contributed by atoms with van der Waals surface area (Å²) >= 11 is 0. The van der Waals surface area contributed by atoms with Gasteiger partial charge < -0.3 is 21.3 Å². The summed E-state index contributed by atoms with van der Waals surface area (Å²) in [6, 6.07) is 30.9. The van der Waals surface area contributed by atoms with Crippen LogP contribution in [-0.4, -0.2) is 39.5 Å². The topological polar surface area (TPSA) is 108 Å². The predicted octanol–water partition coefficient (Wildman–Crippen LogP) is 5.34. The van der Waals surface area contributed by atoms with Crippen molar-refractivity contribution in [3.63, 3.8) is 0 Å². The zero-order chi connectivity index (χ0) is 26.9. The van der Waals surface area contributed by atoms with Gasteiger partial charge in [-0.3, -0.25) is 4.98 Å². The van der Waals surface area contributed by atoms with E-state index in [1.165, 1.54) is 0 Å². The Morgan fingerprint density at radius 3 is 2.11 bits per heavy atom. The minimum Gasteiger partial charge on any atom is -0.465 e. The molecule has 4 atom stereocenters. The van der Waals surface area contributed by atoms with E-state index in [9.17, 15) is 15.0 Å². The van der Waals surface area contributed by atoms with Crippen molar-refractivity contribution < 1.29 is 15.0 Å². The van der Waals surface area contributed by atoms with Gasteiger partial charge in [0.2, 0.25) is 0 Å². The molecule has 196 valence electrons. The number of aryl methyl sites for hydroxylation is 1. The lowest BCUT2D eigenvalue weighted by molar-refractivity contribution is 0.102. The normalized spacial score (nSPS) is 14.3. The van der Waals surface area contributed by atoms with Gasteiger partial charge in [-0.15, -0.1) is 0 Å². The number of aliphatic hydroxyl groups is 1. The van der Waals surface area contributed by atoms with E-state index < -0.39 is 18.2 Å². The molecule has 0 spiro atoms. The molecule has 6 nitrogen and oxygen atoms in total. The minimum absolute atomic E-state index is 0.0278. The second-order valence-corrected chi connectivity index (χ2v) is 9.85. The Morgan fingerprint density at radius 1 is 0.868 bits per heavy atom. The maximum absolute atomic E-state index is 11.6. The largest absolute Gasteiger partial charge is 0.465 e. The molecule has 1 amide bonds. The Kier molecular flexibility index (Phi) is 9.25. The number of amides is 1. The average Bonchev–Trinajstić information content (AvgIpc) is 2.93. The average molecular weight is 510 g/mol. The van der Waals surface area contributed by atoms with E-state index in [-0.39, 0.29) is 18.4 Å². The fraction of sp³-hybridized carbons (Fsp3) is 0.250. The van der Waals surface area contributed by atoms with Crippen LogP contribution in [0.2, 0.25) is 0 Å². The SMILES string of the molecule is Cc1ccc(-c2ccc(C[C@H](NC(=O)O)[C@H](O)C[C@H](N)C(Cc3ccccc3)c3ccccc3)cc2)nc1. The van der Waals surface area contributed by atoms with Gasteiger partial charge in [-0.25, -0.2) is 4.79 Å². The molecule has 0 aliphatic heterocycles. The first kappa shape index (κ1) is 27.0. The molecule has 3 aromatic carbocycles. The first-order valence-electron chi connectivity index (χ1n) is 12.9. The van der Waals surface area contributed by atoms with E-state index in [0.29, 0.717) is 6.42 Å². The fourth-order valence-corrected chi connectivity index (χ4v) is 4.84. The van der Waals surface area contributed by atoms with Crippen molar-refractivity contribution in [3.05, 3.63) is 126 Å². The number of benzene rings is 3. The molecule has 5 N–H and O–H groups in total. The van der Waals surface area contributed by atoms with E-state index >= 15 is 0 Å². The van der Waals surface area contributed by atoms with Crippen LogP contribution in [0, 0.1) is 6.92 Å². The van der Waals surface area contributed by atoms with Crippen LogP contribution >= 0.6 is 0 Å². The van der Waals surface area contributed by atoms with Crippen molar-refractivity contribution in [2.75, 3.05) is 0 Å². The molecule has 0 bridgehead atoms. The summed E-state index contributed by atoms with van der Waals surface area (Å²) in [7, 11) is 0. The van der Waals surface area contributed by atoms with Gasteiger partial charge in [-0.1, -0.05) is 91.0 Å². The van der Waals surface area contributed by atoms with Crippen molar-refractivity contribution in [2.24, 2.45) is 5.73 Å². The van der Waals surface area contributed by atoms with Gasteiger partial charge in [0.15, 0.2) is 0 Å². The van der Waals surface area contributed by atoms with Crippen molar-refractivity contribution >= 4 is 6.09 Å². The number of pyridine rings is 1. The maximum Gasteiger partial charge on any atom is 0.404 e. The molecule has 0 aliphatic carbocycles. The highest BCUT2D eigenvalue weighted by molar-refractivity contribution is 5.65. The summed E-state index contributed by atoms with van der Waals surface area (Å²) < 4.78 is 0. The molecule has 0 saturated heterocycles. The Bertz CT molecular complexity index is 1280. The van der Waals surface area contributed by atoms with Crippen molar-refractivity contribution in [1.29, 1.82) is 0 Å². The highest BCUT2D eigenvalue weighted by Gasteiger charge is 2.28. The third-order valence-corrected chi connectivity index (χ3v) is 6.95. The first-order chi connectivity index (χ1) is 18.4. The van der Waals surface area contributed by atoms with Crippen LogP contribution in [0.4, 0.5) is 4.79 Å². The Balaban J connectivity index is 1.48. The third-order valence-electron chi connectivity index (χ3n) is 6.95. The van der Waals surface area contributed by atoms with Gasteiger partial charge in [0.05, 0.1) is 17.8 Å². The molecule has 0 radical (unpaired) electrons. The van der Waals surface area contributed by atoms with E-state index in [2.05, 4.69) is 34.6 Å². The first-order valence-corrected chi connectivity index (χ1v) is 12.9. The Morgan fingerprint density at radius 2 is 1.50 bits per heavy atom. The summed E-state index contributed by atoms with van der Waals surface area (Å²) in [5.41, 5.74) is 12.8. The number of hydrogen-bond acceptors (Lipinski definition) is 4. The molecular formula is C32H35N3O3. The fourth-order valence-electron chi connectivity index (χ4n) is 4.84. The molecule has 0 aliphatic rings. The molecule has 4 rings (SSSR count).